The topological polar surface area (TPSA) is 58.8 Å². The van der Waals surface area contributed by atoms with Gasteiger partial charge in [-0.1, -0.05) is 0 Å². The Kier molecular flexibility index (Phi) is 6.02. The van der Waals surface area contributed by atoms with Crippen LogP contribution in [0.4, 0.5) is 13.2 Å². The van der Waals surface area contributed by atoms with Crippen LogP contribution >= 0.6 is 0 Å². The van der Waals surface area contributed by atoms with Crippen LogP contribution in [0.2, 0.25) is 0 Å². The van der Waals surface area contributed by atoms with Crippen molar-refractivity contribution in [1.82, 2.24) is 9.80 Å². The summed E-state index contributed by atoms with van der Waals surface area (Å²) in [5.41, 5.74) is 5.61. The first-order valence-corrected chi connectivity index (χ1v) is 6.16. The molecule has 1 aliphatic heterocycles. The molecule has 0 aromatic rings. The maximum absolute atomic E-state index is 11.9. The second-order valence-corrected chi connectivity index (χ2v) is 4.66. The molecule has 0 radical (unpaired) electrons. The molecule has 2 N–H and O–H groups in total. The third kappa shape index (κ3) is 5.75. The third-order valence-corrected chi connectivity index (χ3v) is 3.00. The van der Waals surface area contributed by atoms with Gasteiger partial charge < -0.3 is 20.3 Å². The summed E-state index contributed by atoms with van der Waals surface area (Å²) in [5.74, 6) is -0.203. The summed E-state index contributed by atoms with van der Waals surface area (Å²) in [6, 6.07) is -0.0751. The minimum atomic E-state index is -4.35. The van der Waals surface area contributed by atoms with E-state index in [0.29, 0.717) is 19.6 Å². The Balaban J connectivity index is 2.32. The molecule has 8 heteroatoms. The van der Waals surface area contributed by atoms with Gasteiger partial charge in [-0.15, -0.1) is 0 Å². The van der Waals surface area contributed by atoms with Gasteiger partial charge in [-0.05, 0) is 7.05 Å². The van der Waals surface area contributed by atoms with Crippen molar-refractivity contribution in [3.63, 3.8) is 0 Å². The molecule has 1 atom stereocenters. The standard InChI is InChI=1S/C11H20F3N3O2/c1-16-3-4-17(9(6-15)7-16)10(18)2-5-19-8-11(12,13)14/h9H,2-8,15H2,1H3. The molecule has 1 aliphatic rings. The Morgan fingerprint density at radius 1 is 1.42 bits per heavy atom. The first-order valence-electron chi connectivity index (χ1n) is 6.16. The molecule has 1 amide bonds. The fraction of sp³-hybridized carbons (Fsp3) is 0.909. The predicted molar refractivity (Wildman–Crippen MR) is 63.5 cm³/mol. The number of ether oxygens (including phenoxy) is 1. The van der Waals surface area contributed by atoms with E-state index < -0.39 is 12.8 Å². The molecule has 1 heterocycles. The van der Waals surface area contributed by atoms with E-state index in [1.165, 1.54) is 0 Å². The van der Waals surface area contributed by atoms with Crippen LogP contribution in [-0.4, -0.2) is 74.4 Å². The average molecular weight is 283 g/mol. The number of hydrogen-bond acceptors (Lipinski definition) is 4. The number of likely N-dealkylation sites (N-methyl/N-ethyl adjacent to an activating group) is 1. The number of rotatable bonds is 5. The molecule has 112 valence electrons. The molecule has 5 nitrogen and oxygen atoms in total. The van der Waals surface area contributed by atoms with Gasteiger partial charge in [-0.25, -0.2) is 0 Å². The van der Waals surface area contributed by atoms with Crippen LogP contribution in [0.3, 0.4) is 0 Å². The van der Waals surface area contributed by atoms with Gasteiger partial charge >= 0.3 is 6.18 Å². The summed E-state index contributed by atoms with van der Waals surface area (Å²) >= 11 is 0. The van der Waals surface area contributed by atoms with E-state index in [0.717, 1.165) is 6.54 Å². The minimum absolute atomic E-state index is 0.0453. The molecule has 19 heavy (non-hydrogen) atoms. The maximum Gasteiger partial charge on any atom is 0.411 e. The van der Waals surface area contributed by atoms with Crippen LogP contribution in [0.25, 0.3) is 0 Å². The number of carbonyl (C=O) groups is 1. The van der Waals surface area contributed by atoms with Gasteiger partial charge in [0, 0.05) is 26.2 Å². The highest BCUT2D eigenvalue weighted by Gasteiger charge is 2.29. The quantitative estimate of drug-likeness (QED) is 0.725. The van der Waals surface area contributed by atoms with E-state index in [-0.39, 0.29) is 25.0 Å². The number of carbonyl (C=O) groups excluding carboxylic acids is 1. The minimum Gasteiger partial charge on any atom is -0.372 e. The SMILES string of the molecule is CN1CCN(C(=O)CCOCC(F)(F)F)C(CN)C1. The Hall–Kier alpha value is -0.860. The Morgan fingerprint density at radius 3 is 2.68 bits per heavy atom. The van der Waals surface area contributed by atoms with Gasteiger partial charge in [0.05, 0.1) is 19.1 Å². The summed E-state index contributed by atoms with van der Waals surface area (Å²) in [4.78, 5) is 15.6. The first-order chi connectivity index (χ1) is 8.83. The van der Waals surface area contributed by atoms with E-state index >= 15 is 0 Å². The summed E-state index contributed by atoms with van der Waals surface area (Å²) in [7, 11) is 1.94. The van der Waals surface area contributed by atoms with Crippen molar-refractivity contribution in [2.45, 2.75) is 18.6 Å². The fourth-order valence-corrected chi connectivity index (χ4v) is 2.03. The normalized spacial score (nSPS) is 21.7. The number of nitrogens with zero attached hydrogens (tertiary/aromatic N) is 2. The fourth-order valence-electron chi connectivity index (χ4n) is 2.03. The molecule has 1 fully saturated rings. The van der Waals surface area contributed by atoms with Crippen molar-refractivity contribution in [3.05, 3.63) is 0 Å². The lowest BCUT2D eigenvalue weighted by Gasteiger charge is -2.39. The number of alkyl halides is 3. The third-order valence-electron chi connectivity index (χ3n) is 3.00. The Labute approximate surface area is 110 Å². The molecule has 1 saturated heterocycles. The van der Waals surface area contributed by atoms with Crippen LogP contribution in [0, 0.1) is 0 Å². The lowest BCUT2D eigenvalue weighted by Crippen LogP contribution is -2.56. The second-order valence-electron chi connectivity index (χ2n) is 4.66. The smallest absolute Gasteiger partial charge is 0.372 e. The molecule has 1 rings (SSSR count). The highest BCUT2D eigenvalue weighted by molar-refractivity contribution is 5.76. The highest BCUT2D eigenvalue weighted by atomic mass is 19.4. The van der Waals surface area contributed by atoms with Crippen LogP contribution < -0.4 is 5.73 Å². The van der Waals surface area contributed by atoms with Gasteiger partial charge in [0.15, 0.2) is 0 Å². The predicted octanol–water partition coefficient (Wildman–Crippen LogP) is 0.0567. The molecule has 0 aromatic heterocycles. The van der Waals surface area contributed by atoms with E-state index in [4.69, 9.17) is 5.73 Å². The van der Waals surface area contributed by atoms with Crippen molar-refractivity contribution in [1.29, 1.82) is 0 Å². The zero-order valence-corrected chi connectivity index (χ0v) is 10.9. The molecule has 0 saturated carbocycles. The summed E-state index contributed by atoms with van der Waals surface area (Å²) < 4.78 is 40.0. The van der Waals surface area contributed by atoms with Crippen LogP contribution in [0.15, 0.2) is 0 Å². The lowest BCUT2D eigenvalue weighted by molar-refractivity contribution is -0.175. The largest absolute Gasteiger partial charge is 0.411 e. The van der Waals surface area contributed by atoms with Crippen LogP contribution in [0.1, 0.15) is 6.42 Å². The Bertz CT molecular complexity index is 299. The number of hydrogen-bond donors (Lipinski definition) is 1. The van der Waals surface area contributed by atoms with E-state index in [1.54, 1.807) is 4.90 Å². The van der Waals surface area contributed by atoms with Crippen molar-refractivity contribution in [2.75, 3.05) is 46.4 Å². The lowest BCUT2D eigenvalue weighted by atomic mass is 10.1. The number of piperazine rings is 1. The van der Waals surface area contributed by atoms with Crippen molar-refractivity contribution >= 4 is 5.91 Å². The van der Waals surface area contributed by atoms with E-state index in [9.17, 15) is 18.0 Å². The molecule has 0 spiro atoms. The first kappa shape index (κ1) is 16.2. The second kappa shape index (κ2) is 7.06. The zero-order chi connectivity index (χ0) is 14.5. The average Bonchev–Trinajstić information content (AvgIpc) is 2.33. The molecular formula is C11H20F3N3O2. The molecule has 0 aromatic carbocycles. The molecule has 0 bridgehead atoms. The van der Waals surface area contributed by atoms with Gasteiger partial charge in [-0.2, -0.15) is 13.2 Å². The van der Waals surface area contributed by atoms with Gasteiger partial charge in [0.25, 0.3) is 0 Å². The number of halogens is 3. The van der Waals surface area contributed by atoms with Gasteiger partial charge in [0.1, 0.15) is 6.61 Å². The monoisotopic (exact) mass is 283 g/mol. The number of nitrogens with two attached hydrogens (primary N) is 1. The number of amides is 1. The maximum atomic E-state index is 11.9. The van der Waals surface area contributed by atoms with Crippen molar-refractivity contribution in [3.8, 4) is 0 Å². The molecule has 1 unspecified atom stereocenters. The highest BCUT2D eigenvalue weighted by Crippen LogP contribution is 2.15. The van der Waals surface area contributed by atoms with Gasteiger partial charge in [0.2, 0.25) is 5.91 Å². The van der Waals surface area contributed by atoms with Crippen LogP contribution in [0.5, 0.6) is 0 Å². The van der Waals surface area contributed by atoms with Crippen LogP contribution in [-0.2, 0) is 9.53 Å². The van der Waals surface area contributed by atoms with Crippen molar-refractivity contribution < 1.29 is 22.7 Å². The molecular weight excluding hydrogens is 263 g/mol. The summed E-state index contributed by atoms with van der Waals surface area (Å²) in [6.07, 6.45) is -4.40. The zero-order valence-electron chi connectivity index (χ0n) is 10.9. The van der Waals surface area contributed by atoms with Gasteiger partial charge in [-0.3, -0.25) is 4.79 Å². The summed E-state index contributed by atoms with van der Waals surface area (Å²) in [6.45, 7) is 0.790. The van der Waals surface area contributed by atoms with E-state index in [2.05, 4.69) is 9.64 Å². The Morgan fingerprint density at radius 2 is 2.11 bits per heavy atom. The van der Waals surface area contributed by atoms with E-state index in [1.807, 2.05) is 7.05 Å². The molecule has 0 aliphatic carbocycles. The summed E-state index contributed by atoms with van der Waals surface area (Å²) in [5, 5.41) is 0. The van der Waals surface area contributed by atoms with Crippen molar-refractivity contribution in [2.24, 2.45) is 5.73 Å².